The van der Waals surface area contributed by atoms with E-state index in [2.05, 4.69) is 45.6 Å². The molecule has 0 aliphatic heterocycles. The molecule has 0 saturated heterocycles. The van der Waals surface area contributed by atoms with Gasteiger partial charge in [0.2, 0.25) is 0 Å². The van der Waals surface area contributed by atoms with Crippen LogP contribution in [-0.4, -0.2) is 23.9 Å². The maximum absolute atomic E-state index is 13.3. The van der Waals surface area contributed by atoms with Crippen molar-refractivity contribution < 1.29 is 13.6 Å². The zero-order valence-corrected chi connectivity index (χ0v) is 21.9. The molecular formula is C29H36FN3O2. The number of anilines is 1. The number of Topliss-reactive ketones (excluding diaryl/α,β-unsaturated/α-hetero) is 1. The van der Waals surface area contributed by atoms with E-state index in [1.807, 2.05) is 6.07 Å². The molecule has 0 aliphatic rings. The van der Waals surface area contributed by atoms with Crippen LogP contribution in [0.1, 0.15) is 81.3 Å². The van der Waals surface area contributed by atoms with Crippen molar-refractivity contribution >= 4 is 11.6 Å². The predicted octanol–water partition coefficient (Wildman–Crippen LogP) is 7.55. The number of carbonyl (C=O) groups is 1. The summed E-state index contributed by atoms with van der Waals surface area (Å²) in [7, 11) is 0. The maximum Gasteiger partial charge on any atom is 0.163 e. The SMILES string of the molecule is CC(=O)c1ccoc1C.CCCN(CC(C)C)c1nc(C(C)C)c(-c2ccc(F)cc2)cc1C#N. The summed E-state index contributed by atoms with van der Waals surface area (Å²) in [6.07, 6.45) is 2.52. The van der Waals surface area contributed by atoms with Crippen LogP contribution >= 0.6 is 0 Å². The van der Waals surface area contributed by atoms with Crippen molar-refractivity contribution in [2.24, 2.45) is 5.92 Å². The molecule has 186 valence electrons. The summed E-state index contributed by atoms with van der Waals surface area (Å²) in [5.74, 6) is 1.93. The Balaban J connectivity index is 0.000000402. The zero-order chi connectivity index (χ0) is 26.1. The van der Waals surface area contributed by atoms with Gasteiger partial charge >= 0.3 is 0 Å². The third-order valence-electron chi connectivity index (χ3n) is 5.47. The number of rotatable bonds is 8. The highest BCUT2D eigenvalue weighted by atomic mass is 19.1. The summed E-state index contributed by atoms with van der Waals surface area (Å²) in [6, 6.07) is 12.3. The molecule has 5 nitrogen and oxygen atoms in total. The van der Waals surface area contributed by atoms with Gasteiger partial charge in [0, 0.05) is 18.7 Å². The summed E-state index contributed by atoms with van der Waals surface area (Å²) in [4.78, 5) is 17.8. The predicted molar refractivity (Wildman–Crippen MR) is 139 cm³/mol. The second kappa shape index (κ2) is 12.9. The quantitative estimate of drug-likeness (QED) is 0.313. The van der Waals surface area contributed by atoms with Crippen LogP contribution in [0.2, 0.25) is 0 Å². The molecule has 35 heavy (non-hydrogen) atoms. The minimum atomic E-state index is -0.268. The standard InChI is InChI=1S/C22H28FN3.C7H8O2/c1-6-11-26(14-15(2)3)22-18(13-24)12-20(21(25-22)16(4)5)17-7-9-19(23)10-8-17;1-5(8)7-3-4-9-6(7)2/h7-10,12,15-16H,6,11,14H2,1-5H3;3-4H,1-2H3. The average molecular weight is 478 g/mol. The van der Waals surface area contributed by atoms with E-state index in [4.69, 9.17) is 9.40 Å². The van der Waals surface area contributed by atoms with Crippen molar-refractivity contribution in [2.45, 2.75) is 60.8 Å². The number of halogens is 1. The molecule has 0 radical (unpaired) electrons. The molecule has 0 N–H and O–H groups in total. The van der Waals surface area contributed by atoms with Gasteiger partial charge in [0.25, 0.3) is 0 Å². The van der Waals surface area contributed by atoms with Crippen molar-refractivity contribution in [3.05, 3.63) is 71.1 Å². The minimum absolute atomic E-state index is 0.0567. The Morgan fingerprint density at radius 3 is 2.26 bits per heavy atom. The third kappa shape index (κ3) is 7.51. The largest absolute Gasteiger partial charge is 0.469 e. The van der Waals surface area contributed by atoms with Crippen molar-refractivity contribution in [1.82, 2.24) is 4.98 Å². The van der Waals surface area contributed by atoms with E-state index < -0.39 is 0 Å². The molecule has 0 unspecified atom stereocenters. The fourth-order valence-corrected chi connectivity index (χ4v) is 3.89. The minimum Gasteiger partial charge on any atom is -0.469 e. The molecule has 1 aromatic carbocycles. The molecule has 3 aromatic rings. The molecule has 0 fully saturated rings. The molecule has 0 aliphatic carbocycles. The van der Waals surface area contributed by atoms with Crippen LogP contribution in [0.25, 0.3) is 11.1 Å². The van der Waals surface area contributed by atoms with Gasteiger partial charge < -0.3 is 9.32 Å². The lowest BCUT2D eigenvalue weighted by atomic mass is 9.95. The van der Waals surface area contributed by atoms with Gasteiger partial charge in [-0.1, -0.05) is 46.8 Å². The highest BCUT2D eigenvalue weighted by Gasteiger charge is 2.20. The van der Waals surface area contributed by atoms with Gasteiger partial charge in [-0.15, -0.1) is 0 Å². The Hall–Kier alpha value is -3.46. The first-order valence-electron chi connectivity index (χ1n) is 12.1. The van der Waals surface area contributed by atoms with E-state index in [1.54, 1.807) is 25.1 Å². The summed E-state index contributed by atoms with van der Waals surface area (Å²) in [5, 5.41) is 9.74. The highest BCUT2D eigenvalue weighted by molar-refractivity contribution is 5.94. The van der Waals surface area contributed by atoms with Gasteiger partial charge in [-0.05, 0) is 61.9 Å². The Morgan fingerprint density at radius 2 is 1.83 bits per heavy atom. The van der Waals surface area contributed by atoms with Crippen molar-refractivity contribution in [3.63, 3.8) is 0 Å². The van der Waals surface area contributed by atoms with Crippen LogP contribution in [0.4, 0.5) is 10.2 Å². The van der Waals surface area contributed by atoms with Crippen LogP contribution in [0.3, 0.4) is 0 Å². The summed E-state index contributed by atoms with van der Waals surface area (Å²) in [5.41, 5.74) is 3.98. The topological polar surface area (TPSA) is 70.1 Å². The van der Waals surface area contributed by atoms with E-state index in [0.29, 0.717) is 22.8 Å². The first-order chi connectivity index (χ1) is 16.6. The van der Waals surface area contributed by atoms with Gasteiger partial charge in [-0.2, -0.15) is 5.26 Å². The van der Waals surface area contributed by atoms with E-state index in [0.717, 1.165) is 42.1 Å². The van der Waals surface area contributed by atoms with E-state index in [9.17, 15) is 14.4 Å². The summed E-state index contributed by atoms with van der Waals surface area (Å²) in [6.45, 7) is 15.7. The van der Waals surface area contributed by atoms with E-state index in [-0.39, 0.29) is 17.5 Å². The van der Waals surface area contributed by atoms with Crippen LogP contribution in [0, 0.1) is 30.0 Å². The average Bonchev–Trinajstić information content (AvgIpc) is 3.25. The highest BCUT2D eigenvalue weighted by Crippen LogP contribution is 2.33. The van der Waals surface area contributed by atoms with Gasteiger partial charge in [0.15, 0.2) is 5.78 Å². The lowest BCUT2D eigenvalue weighted by Gasteiger charge is -2.27. The monoisotopic (exact) mass is 477 g/mol. The third-order valence-corrected chi connectivity index (χ3v) is 5.47. The Kier molecular flexibility index (Phi) is 10.2. The maximum atomic E-state index is 13.3. The Bertz CT molecular complexity index is 1160. The molecule has 0 spiro atoms. The molecular weight excluding hydrogens is 441 g/mol. The lowest BCUT2D eigenvalue weighted by molar-refractivity contribution is 0.101. The molecule has 2 heterocycles. The van der Waals surface area contributed by atoms with Gasteiger partial charge in [-0.25, -0.2) is 9.37 Å². The van der Waals surface area contributed by atoms with Crippen molar-refractivity contribution in [3.8, 4) is 17.2 Å². The number of ketones is 1. The second-order valence-electron chi connectivity index (χ2n) is 9.35. The van der Waals surface area contributed by atoms with Gasteiger partial charge in [0.1, 0.15) is 23.5 Å². The lowest BCUT2D eigenvalue weighted by Crippen LogP contribution is -2.30. The number of aryl methyl sites for hydroxylation is 1. The fraction of sp³-hybridized carbons (Fsp3) is 0.414. The fourth-order valence-electron chi connectivity index (χ4n) is 3.89. The number of benzene rings is 1. The summed E-state index contributed by atoms with van der Waals surface area (Å²) < 4.78 is 18.2. The van der Waals surface area contributed by atoms with Crippen molar-refractivity contribution in [1.29, 1.82) is 5.26 Å². The molecule has 3 rings (SSSR count). The first-order valence-corrected chi connectivity index (χ1v) is 12.1. The Morgan fingerprint density at radius 1 is 1.17 bits per heavy atom. The van der Waals surface area contributed by atoms with Gasteiger partial charge in [-0.3, -0.25) is 4.79 Å². The number of carbonyl (C=O) groups excluding carboxylic acids is 1. The number of hydrogen-bond acceptors (Lipinski definition) is 5. The molecule has 0 amide bonds. The summed E-state index contributed by atoms with van der Waals surface area (Å²) >= 11 is 0. The number of nitriles is 1. The number of nitrogens with zero attached hydrogens (tertiary/aromatic N) is 3. The van der Waals surface area contributed by atoms with Crippen LogP contribution in [0.15, 0.2) is 47.1 Å². The number of hydrogen-bond donors (Lipinski definition) is 0. The van der Waals surface area contributed by atoms with E-state index >= 15 is 0 Å². The van der Waals surface area contributed by atoms with Crippen LogP contribution in [0.5, 0.6) is 0 Å². The molecule has 0 bridgehead atoms. The van der Waals surface area contributed by atoms with E-state index in [1.165, 1.54) is 25.3 Å². The zero-order valence-electron chi connectivity index (χ0n) is 21.9. The number of furan rings is 1. The molecule has 6 heteroatoms. The number of pyridine rings is 1. The van der Waals surface area contributed by atoms with Crippen LogP contribution in [-0.2, 0) is 0 Å². The second-order valence-corrected chi connectivity index (χ2v) is 9.35. The van der Waals surface area contributed by atoms with Crippen molar-refractivity contribution in [2.75, 3.05) is 18.0 Å². The number of aromatic nitrogens is 1. The Labute approximate surface area is 208 Å². The first kappa shape index (κ1) is 27.8. The smallest absolute Gasteiger partial charge is 0.163 e. The molecule has 2 aromatic heterocycles. The molecule has 0 atom stereocenters. The van der Waals surface area contributed by atoms with Gasteiger partial charge in [0.05, 0.1) is 23.1 Å². The normalized spacial score (nSPS) is 10.7. The van der Waals surface area contributed by atoms with Crippen LogP contribution < -0.4 is 4.90 Å². The molecule has 0 saturated carbocycles.